The Hall–Kier alpha value is -3.12. The third kappa shape index (κ3) is 3.16. The molecule has 2 aromatic rings. The highest BCUT2D eigenvalue weighted by atomic mass is 32.2. The van der Waals surface area contributed by atoms with Crippen LogP contribution in [0, 0.1) is 17.2 Å². The normalized spacial score (nSPS) is 22.4. The summed E-state index contributed by atoms with van der Waals surface area (Å²) in [6, 6.07) is 7.05. The van der Waals surface area contributed by atoms with Gasteiger partial charge in [0.15, 0.2) is 15.7 Å². The van der Waals surface area contributed by atoms with Crippen molar-refractivity contribution in [2.24, 2.45) is 11.7 Å². The number of anilines is 2. The minimum absolute atomic E-state index is 0.0968. The van der Waals surface area contributed by atoms with Gasteiger partial charge < -0.3 is 11.1 Å². The molecular formula is C19H19N5O3S. The molecule has 4 rings (SSSR count). The number of sulfone groups is 1. The van der Waals surface area contributed by atoms with Crippen LogP contribution in [-0.2, 0) is 9.84 Å². The maximum Gasteiger partial charge on any atom is 0.254 e. The van der Waals surface area contributed by atoms with Gasteiger partial charge in [0.2, 0.25) is 0 Å². The number of nitrogens with two attached hydrogens (primary N) is 1. The molecule has 9 heteroatoms. The summed E-state index contributed by atoms with van der Waals surface area (Å²) in [4.78, 5) is 12.2. The van der Waals surface area contributed by atoms with Crippen LogP contribution in [-0.4, -0.2) is 24.1 Å². The monoisotopic (exact) mass is 397 g/mol. The van der Waals surface area contributed by atoms with Crippen LogP contribution in [0.2, 0.25) is 0 Å². The van der Waals surface area contributed by atoms with E-state index >= 15 is 0 Å². The predicted molar refractivity (Wildman–Crippen MR) is 103 cm³/mol. The van der Waals surface area contributed by atoms with E-state index in [1.807, 2.05) is 0 Å². The summed E-state index contributed by atoms with van der Waals surface area (Å²) in [5, 5.41) is 18.1. The molecule has 1 amide bonds. The number of rotatable bonds is 4. The first-order valence-electron chi connectivity index (χ1n) is 9.02. The molecule has 1 fully saturated rings. The number of carbonyl (C=O) groups is 1. The number of carbonyl (C=O) groups excluding carboxylic acids is 1. The molecule has 1 aromatic heterocycles. The Morgan fingerprint density at radius 3 is 2.86 bits per heavy atom. The lowest BCUT2D eigenvalue weighted by Gasteiger charge is -2.26. The smallest absolute Gasteiger partial charge is 0.254 e. The van der Waals surface area contributed by atoms with Crippen molar-refractivity contribution in [2.45, 2.75) is 36.6 Å². The van der Waals surface area contributed by atoms with Crippen molar-refractivity contribution in [2.75, 3.05) is 5.32 Å². The zero-order valence-corrected chi connectivity index (χ0v) is 15.8. The lowest BCUT2D eigenvalue weighted by Crippen LogP contribution is -2.22. The van der Waals surface area contributed by atoms with Gasteiger partial charge in [-0.05, 0) is 42.7 Å². The minimum Gasteiger partial charge on any atom is -0.365 e. The zero-order valence-electron chi connectivity index (χ0n) is 15.0. The quantitative estimate of drug-likeness (QED) is 0.815. The van der Waals surface area contributed by atoms with E-state index in [0.29, 0.717) is 17.1 Å². The first-order valence-corrected chi connectivity index (χ1v) is 10.6. The van der Waals surface area contributed by atoms with E-state index in [1.165, 1.54) is 12.1 Å². The second-order valence-corrected chi connectivity index (χ2v) is 8.85. The molecule has 2 heterocycles. The highest BCUT2D eigenvalue weighted by Crippen LogP contribution is 2.35. The van der Waals surface area contributed by atoms with Gasteiger partial charge in [0.25, 0.3) is 5.91 Å². The van der Waals surface area contributed by atoms with Crippen LogP contribution < -0.4 is 11.1 Å². The van der Waals surface area contributed by atoms with E-state index in [4.69, 9.17) is 5.73 Å². The van der Waals surface area contributed by atoms with E-state index in [1.54, 1.807) is 23.0 Å². The fourth-order valence-corrected chi connectivity index (χ4v) is 4.99. The number of fused-ring (bicyclic) bond motifs is 1. The number of hydrogen-bond donors (Lipinski definition) is 2. The number of nitrogens with one attached hydrogen (secondary N) is 1. The third-order valence-electron chi connectivity index (χ3n) is 5.24. The van der Waals surface area contributed by atoms with Crippen LogP contribution in [0.4, 0.5) is 11.5 Å². The van der Waals surface area contributed by atoms with Crippen molar-refractivity contribution >= 4 is 33.3 Å². The highest BCUT2D eigenvalue weighted by Gasteiger charge is 2.29. The maximum absolute atomic E-state index is 11.9. The number of nitrogens with zero attached hydrogens (tertiary/aromatic N) is 3. The summed E-state index contributed by atoms with van der Waals surface area (Å²) >= 11 is 0. The summed E-state index contributed by atoms with van der Waals surface area (Å²) < 4.78 is 25.4. The molecule has 1 aliphatic carbocycles. The average molecular weight is 397 g/mol. The van der Waals surface area contributed by atoms with E-state index < -0.39 is 15.7 Å². The van der Waals surface area contributed by atoms with Gasteiger partial charge in [-0.3, -0.25) is 9.48 Å². The Bertz CT molecular complexity index is 1130. The summed E-state index contributed by atoms with van der Waals surface area (Å²) in [6.07, 6.45) is 6.75. The van der Waals surface area contributed by atoms with Crippen molar-refractivity contribution < 1.29 is 13.2 Å². The van der Waals surface area contributed by atoms with Gasteiger partial charge in [-0.15, -0.1) is 0 Å². The SMILES string of the molecule is N#C[C@H]1CCCC[C@@H]1n1cc(C(N)=O)c(Nc2ccc3c(c2)C=CS3(=O)=O)n1. The summed E-state index contributed by atoms with van der Waals surface area (Å²) in [5.74, 6) is -0.487. The number of primary amides is 1. The minimum atomic E-state index is -3.37. The Labute approximate surface area is 162 Å². The van der Waals surface area contributed by atoms with Crippen molar-refractivity contribution in [3.05, 3.63) is 40.9 Å². The number of aromatic nitrogens is 2. The van der Waals surface area contributed by atoms with Gasteiger partial charge in [-0.25, -0.2) is 8.42 Å². The number of amides is 1. The van der Waals surface area contributed by atoms with E-state index in [9.17, 15) is 18.5 Å². The molecule has 1 aliphatic heterocycles. The lowest BCUT2D eigenvalue weighted by molar-refractivity contribution is 0.100. The Morgan fingerprint density at radius 2 is 2.11 bits per heavy atom. The Morgan fingerprint density at radius 1 is 1.32 bits per heavy atom. The molecule has 0 unspecified atom stereocenters. The summed E-state index contributed by atoms with van der Waals surface area (Å²) in [7, 11) is -3.37. The molecule has 144 valence electrons. The highest BCUT2D eigenvalue weighted by molar-refractivity contribution is 7.94. The molecule has 2 atom stereocenters. The standard InChI is InChI=1S/C19H19N5O3S/c20-10-13-3-1-2-4-16(13)24-11-15(18(21)25)19(23-24)22-14-5-6-17-12(9-14)7-8-28(17,26)27/h5-9,11,13,16H,1-4H2,(H2,21,25)(H,22,23)/t13-,16+/m1/s1. The topological polar surface area (TPSA) is 131 Å². The molecule has 3 N–H and O–H groups in total. The molecule has 1 saturated carbocycles. The van der Waals surface area contributed by atoms with Gasteiger partial charge >= 0.3 is 0 Å². The van der Waals surface area contributed by atoms with Gasteiger partial charge in [-0.1, -0.05) is 12.8 Å². The number of nitriles is 1. The van der Waals surface area contributed by atoms with Crippen LogP contribution >= 0.6 is 0 Å². The zero-order chi connectivity index (χ0) is 19.9. The summed E-state index contributed by atoms with van der Waals surface area (Å²) in [5.41, 5.74) is 6.91. The number of hydrogen-bond acceptors (Lipinski definition) is 6. The molecule has 0 saturated heterocycles. The van der Waals surface area contributed by atoms with Crippen LogP contribution in [0.25, 0.3) is 6.08 Å². The van der Waals surface area contributed by atoms with Crippen LogP contribution in [0.15, 0.2) is 34.7 Å². The molecule has 2 aliphatic rings. The van der Waals surface area contributed by atoms with Gasteiger partial charge in [0.1, 0.15) is 5.56 Å². The first-order chi connectivity index (χ1) is 13.4. The second kappa shape index (κ2) is 6.80. The fraction of sp³-hybridized carbons (Fsp3) is 0.316. The molecule has 0 bridgehead atoms. The molecule has 8 nitrogen and oxygen atoms in total. The molecule has 28 heavy (non-hydrogen) atoms. The van der Waals surface area contributed by atoms with E-state index in [0.717, 1.165) is 31.1 Å². The van der Waals surface area contributed by atoms with Crippen LogP contribution in [0.1, 0.15) is 47.6 Å². The molecular weight excluding hydrogens is 378 g/mol. The van der Waals surface area contributed by atoms with Crippen molar-refractivity contribution in [3.8, 4) is 6.07 Å². The average Bonchev–Trinajstić information content (AvgIpc) is 3.23. The maximum atomic E-state index is 11.9. The van der Waals surface area contributed by atoms with E-state index in [-0.39, 0.29) is 22.4 Å². The largest absolute Gasteiger partial charge is 0.365 e. The van der Waals surface area contributed by atoms with Crippen molar-refractivity contribution in [1.29, 1.82) is 5.26 Å². The second-order valence-electron chi connectivity index (χ2n) is 7.05. The third-order valence-corrected chi connectivity index (χ3v) is 6.72. The van der Waals surface area contributed by atoms with Gasteiger partial charge in [-0.2, -0.15) is 10.4 Å². The van der Waals surface area contributed by atoms with E-state index in [2.05, 4.69) is 16.5 Å². The first kappa shape index (κ1) is 18.3. The number of benzene rings is 1. The molecule has 0 radical (unpaired) electrons. The van der Waals surface area contributed by atoms with Gasteiger partial charge in [0.05, 0.1) is 22.9 Å². The Kier molecular flexibility index (Phi) is 4.43. The lowest BCUT2D eigenvalue weighted by atomic mass is 9.85. The van der Waals surface area contributed by atoms with Gasteiger partial charge in [0, 0.05) is 17.3 Å². The van der Waals surface area contributed by atoms with Crippen molar-refractivity contribution in [3.63, 3.8) is 0 Å². The van der Waals surface area contributed by atoms with Crippen molar-refractivity contribution in [1.82, 2.24) is 9.78 Å². The predicted octanol–water partition coefficient (Wildman–Crippen LogP) is 2.74. The molecule has 0 spiro atoms. The van der Waals surface area contributed by atoms with Crippen LogP contribution in [0.3, 0.4) is 0 Å². The van der Waals surface area contributed by atoms with Crippen LogP contribution in [0.5, 0.6) is 0 Å². The fourth-order valence-electron chi connectivity index (χ4n) is 3.80. The Balaban J connectivity index is 1.67. The summed E-state index contributed by atoms with van der Waals surface area (Å²) in [6.45, 7) is 0. The molecule has 1 aromatic carbocycles.